The lowest BCUT2D eigenvalue weighted by Crippen LogP contribution is -2.12. The minimum Gasteiger partial charge on any atom is -0.457 e. The zero-order valence-corrected chi connectivity index (χ0v) is 28.7. The van der Waals surface area contributed by atoms with E-state index in [1.54, 1.807) is 18.2 Å². The van der Waals surface area contributed by atoms with Crippen LogP contribution in [-0.4, -0.2) is 5.97 Å². The van der Waals surface area contributed by atoms with E-state index in [-0.39, 0.29) is 18.4 Å². The number of nitrogens with zero attached hydrogens (tertiary/aromatic N) is 2. The predicted octanol–water partition coefficient (Wildman–Crippen LogP) is 13.0. The van der Waals surface area contributed by atoms with Gasteiger partial charge in [0.15, 0.2) is 0 Å². The normalized spacial score (nSPS) is 11.3. The van der Waals surface area contributed by atoms with E-state index >= 15 is 0 Å². The quantitative estimate of drug-likeness (QED) is 0.112. The lowest BCUT2D eigenvalue weighted by atomic mass is 9.91. The van der Waals surface area contributed by atoms with Gasteiger partial charge in [-0.25, -0.2) is 9.18 Å². The molecule has 0 aliphatic rings. The standard InChI is InChI=1S/C48H33FN2O2/c49-37-15-11-21-41(31-37)51(39-18-8-3-9-19-39)45-29-25-35-22-26-42-44(28-24-34-23-27-43(45)47(35)46(34)42)50(38-16-6-2-7-17-38)40-20-10-14-36(30-40)48(52)53-32-33-12-4-1-5-13-33/h1-31H,32H2. The zero-order valence-electron chi connectivity index (χ0n) is 28.7. The van der Waals surface area contributed by atoms with Gasteiger partial charge in [0.1, 0.15) is 12.4 Å². The van der Waals surface area contributed by atoms with Crippen LogP contribution in [0.3, 0.4) is 0 Å². The fourth-order valence-corrected chi connectivity index (χ4v) is 7.36. The van der Waals surface area contributed by atoms with E-state index in [0.717, 1.165) is 72.0 Å². The number of benzene rings is 9. The molecule has 254 valence electrons. The van der Waals surface area contributed by atoms with Crippen LogP contribution in [0.2, 0.25) is 0 Å². The van der Waals surface area contributed by atoms with Crippen LogP contribution >= 0.6 is 0 Å². The van der Waals surface area contributed by atoms with Crippen LogP contribution < -0.4 is 9.80 Å². The first-order chi connectivity index (χ1) is 26.1. The van der Waals surface area contributed by atoms with E-state index in [1.807, 2.05) is 103 Å². The molecule has 0 aliphatic heterocycles. The lowest BCUT2D eigenvalue weighted by Gasteiger charge is -2.29. The van der Waals surface area contributed by atoms with Crippen molar-refractivity contribution < 1.29 is 13.9 Å². The third-order valence-corrected chi connectivity index (χ3v) is 9.75. The fraction of sp³-hybridized carbons (Fsp3) is 0.0208. The molecule has 0 saturated heterocycles. The summed E-state index contributed by atoms with van der Waals surface area (Å²) < 4.78 is 20.4. The second-order valence-electron chi connectivity index (χ2n) is 13.0. The van der Waals surface area contributed by atoms with Gasteiger partial charge in [-0.3, -0.25) is 0 Å². The van der Waals surface area contributed by atoms with Gasteiger partial charge in [0, 0.05) is 33.5 Å². The number of carbonyl (C=O) groups is 1. The van der Waals surface area contributed by atoms with Gasteiger partial charge >= 0.3 is 5.97 Å². The zero-order chi connectivity index (χ0) is 35.7. The van der Waals surface area contributed by atoms with E-state index in [9.17, 15) is 9.18 Å². The van der Waals surface area contributed by atoms with Crippen LogP contribution in [0.25, 0.3) is 32.3 Å². The van der Waals surface area contributed by atoms with Crippen molar-refractivity contribution in [1.29, 1.82) is 0 Å². The van der Waals surface area contributed by atoms with E-state index in [2.05, 4.69) is 70.5 Å². The Morgan fingerprint density at radius 3 is 1.49 bits per heavy atom. The molecule has 0 bridgehead atoms. The van der Waals surface area contributed by atoms with Gasteiger partial charge < -0.3 is 14.5 Å². The Bertz CT molecular complexity index is 2720. The molecule has 0 atom stereocenters. The van der Waals surface area contributed by atoms with E-state index in [0.29, 0.717) is 5.56 Å². The molecule has 0 saturated carbocycles. The Labute approximate surface area is 306 Å². The average molecular weight is 689 g/mol. The van der Waals surface area contributed by atoms with Crippen LogP contribution in [0.4, 0.5) is 38.5 Å². The van der Waals surface area contributed by atoms with Crippen molar-refractivity contribution in [3.05, 3.63) is 205 Å². The van der Waals surface area contributed by atoms with Gasteiger partial charge in [-0.05, 0) is 99.9 Å². The predicted molar refractivity (Wildman–Crippen MR) is 215 cm³/mol. The molecule has 0 aromatic heterocycles. The van der Waals surface area contributed by atoms with Gasteiger partial charge in [-0.1, -0.05) is 115 Å². The van der Waals surface area contributed by atoms with E-state index < -0.39 is 0 Å². The summed E-state index contributed by atoms with van der Waals surface area (Å²) in [5, 5.41) is 6.60. The number of carbonyl (C=O) groups excluding carboxylic acids is 1. The molecule has 0 amide bonds. The van der Waals surface area contributed by atoms with Gasteiger partial charge in [-0.15, -0.1) is 0 Å². The summed E-state index contributed by atoms with van der Waals surface area (Å²) in [4.78, 5) is 17.7. The molecule has 4 nitrogen and oxygen atoms in total. The molecule has 9 rings (SSSR count). The Morgan fingerprint density at radius 2 is 0.943 bits per heavy atom. The summed E-state index contributed by atoms with van der Waals surface area (Å²) in [7, 11) is 0. The highest BCUT2D eigenvalue weighted by Crippen LogP contribution is 2.47. The second kappa shape index (κ2) is 13.6. The third-order valence-electron chi connectivity index (χ3n) is 9.75. The van der Waals surface area contributed by atoms with Crippen molar-refractivity contribution in [3.63, 3.8) is 0 Å². The highest BCUT2D eigenvalue weighted by molar-refractivity contribution is 6.28. The van der Waals surface area contributed by atoms with Crippen molar-refractivity contribution >= 4 is 72.4 Å². The number of anilines is 6. The number of esters is 1. The van der Waals surface area contributed by atoms with Crippen molar-refractivity contribution in [2.24, 2.45) is 0 Å². The minimum absolute atomic E-state index is 0.199. The Balaban J connectivity index is 1.21. The number of hydrogen-bond donors (Lipinski definition) is 0. The molecule has 0 radical (unpaired) electrons. The van der Waals surface area contributed by atoms with Gasteiger partial charge in [0.2, 0.25) is 0 Å². The van der Waals surface area contributed by atoms with Gasteiger partial charge in [0.05, 0.1) is 16.9 Å². The molecule has 0 spiro atoms. The molecular weight excluding hydrogens is 656 g/mol. The molecule has 0 N–H and O–H groups in total. The summed E-state index contributed by atoms with van der Waals surface area (Å²) in [6.45, 7) is 0.199. The van der Waals surface area contributed by atoms with Gasteiger partial charge in [0.25, 0.3) is 0 Å². The van der Waals surface area contributed by atoms with Crippen LogP contribution in [0, 0.1) is 5.82 Å². The highest BCUT2D eigenvalue weighted by Gasteiger charge is 2.22. The number of ether oxygens (including phenoxy) is 1. The lowest BCUT2D eigenvalue weighted by molar-refractivity contribution is 0.0472. The summed E-state index contributed by atoms with van der Waals surface area (Å²) >= 11 is 0. The topological polar surface area (TPSA) is 32.8 Å². The number of rotatable bonds is 9. The van der Waals surface area contributed by atoms with E-state index in [4.69, 9.17) is 4.74 Å². The molecule has 0 unspecified atom stereocenters. The Morgan fingerprint density at radius 1 is 0.472 bits per heavy atom. The smallest absolute Gasteiger partial charge is 0.338 e. The van der Waals surface area contributed by atoms with Crippen LogP contribution in [0.15, 0.2) is 188 Å². The van der Waals surface area contributed by atoms with Crippen LogP contribution in [0.5, 0.6) is 0 Å². The van der Waals surface area contributed by atoms with Gasteiger partial charge in [-0.2, -0.15) is 0 Å². The maximum atomic E-state index is 14.7. The van der Waals surface area contributed by atoms with Crippen LogP contribution in [-0.2, 0) is 11.3 Å². The summed E-state index contributed by atoms with van der Waals surface area (Å²) in [5.41, 5.74) is 6.80. The molecule has 0 fully saturated rings. The Hall–Kier alpha value is -6.98. The minimum atomic E-state index is -0.382. The summed E-state index contributed by atoms with van der Waals surface area (Å²) in [6.07, 6.45) is 0. The monoisotopic (exact) mass is 688 g/mol. The average Bonchev–Trinajstić information content (AvgIpc) is 3.21. The molecule has 5 heteroatoms. The fourth-order valence-electron chi connectivity index (χ4n) is 7.36. The first-order valence-electron chi connectivity index (χ1n) is 17.6. The third kappa shape index (κ3) is 5.98. The number of hydrogen-bond acceptors (Lipinski definition) is 4. The first kappa shape index (κ1) is 32.0. The van der Waals surface area contributed by atoms with Crippen molar-refractivity contribution in [2.75, 3.05) is 9.80 Å². The van der Waals surface area contributed by atoms with Crippen molar-refractivity contribution in [1.82, 2.24) is 0 Å². The molecule has 0 aliphatic carbocycles. The SMILES string of the molecule is O=C(OCc1ccccc1)c1cccc(N(c2ccccc2)c2ccc3ccc4c(N(c5ccccc5)c5cccc(F)c5)ccc5ccc2c3c54)c1. The van der Waals surface area contributed by atoms with Crippen molar-refractivity contribution in [2.45, 2.75) is 6.61 Å². The molecule has 0 heterocycles. The molecular formula is C48H33FN2O2. The van der Waals surface area contributed by atoms with Crippen molar-refractivity contribution in [3.8, 4) is 0 Å². The first-order valence-corrected chi connectivity index (χ1v) is 17.6. The maximum Gasteiger partial charge on any atom is 0.338 e. The van der Waals surface area contributed by atoms with E-state index in [1.165, 1.54) is 6.07 Å². The van der Waals surface area contributed by atoms with Crippen LogP contribution in [0.1, 0.15) is 15.9 Å². The number of para-hydroxylation sites is 2. The summed E-state index contributed by atoms with van der Waals surface area (Å²) in [5.74, 6) is -0.673. The molecule has 9 aromatic rings. The Kier molecular flexibility index (Phi) is 8.22. The summed E-state index contributed by atoms with van der Waals surface area (Å²) in [6, 6.07) is 61.6. The molecule has 53 heavy (non-hydrogen) atoms. The maximum absolute atomic E-state index is 14.7. The largest absolute Gasteiger partial charge is 0.457 e. The number of halogens is 1. The molecule has 9 aromatic carbocycles. The second-order valence-corrected chi connectivity index (χ2v) is 13.0. The highest BCUT2D eigenvalue weighted by atomic mass is 19.1.